The molecule has 1 aromatic carbocycles. The number of rotatable bonds is 4. The average molecular weight is 486 g/mol. The van der Waals surface area contributed by atoms with Crippen LogP contribution in [0, 0.1) is 11.8 Å². The quantitative estimate of drug-likeness (QED) is 0.665. The molecule has 0 N–H and O–H groups in total. The van der Waals surface area contributed by atoms with Crippen LogP contribution in [0.2, 0.25) is 0 Å². The molecule has 1 saturated heterocycles. The molecule has 0 spiro atoms. The smallest absolute Gasteiger partial charge is 0.239 e. The Morgan fingerprint density at radius 1 is 1.23 bits per heavy atom. The van der Waals surface area contributed by atoms with E-state index in [1.165, 1.54) is 11.1 Å². The summed E-state index contributed by atoms with van der Waals surface area (Å²) in [5.74, 6) is 0.0599. The van der Waals surface area contributed by atoms with Crippen molar-refractivity contribution in [2.75, 3.05) is 39.9 Å². The van der Waals surface area contributed by atoms with E-state index in [1.807, 2.05) is 35.4 Å². The van der Waals surface area contributed by atoms with Crippen LogP contribution in [0.25, 0.3) is 16.5 Å². The Labute approximate surface area is 190 Å². The van der Waals surface area contributed by atoms with Gasteiger partial charge in [-0.3, -0.25) is 19.1 Å². The van der Waals surface area contributed by atoms with Gasteiger partial charge in [-0.25, -0.2) is 0 Å². The van der Waals surface area contributed by atoms with E-state index in [9.17, 15) is 9.59 Å². The van der Waals surface area contributed by atoms with E-state index < -0.39 is 0 Å². The number of hydrogen-bond donors (Lipinski definition) is 0. The Bertz CT molecular complexity index is 1100. The summed E-state index contributed by atoms with van der Waals surface area (Å²) >= 11 is 3.76. The van der Waals surface area contributed by atoms with Crippen LogP contribution in [-0.4, -0.2) is 72.1 Å². The summed E-state index contributed by atoms with van der Waals surface area (Å²) < 4.78 is 7.95. The number of carbonyl (C=O) groups excluding carboxylic acids is 2. The number of ether oxygens (including phenoxy) is 1. The molecule has 31 heavy (non-hydrogen) atoms. The van der Waals surface area contributed by atoms with Gasteiger partial charge in [0, 0.05) is 31.1 Å². The van der Waals surface area contributed by atoms with Crippen LogP contribution in [0.5, 0.6) is 0 Å². The van der Waals surface area contributed by atoms with Gasteiger partial charge in [0.05, 0.1) is 35.2 Å². The normalized spacial score (nSPS) is 23.3. The number of amides is 1. The Kier molecular flexibility index (Phi) is 5.31. The van der Waals surface area contributed by atoms with Gasteiger partial charge in [0.2, 0.25) is 11.8 Å². The van der Waals surface area contributed by atoms with Gasteiger partial charge in [-0.15, -0.1) is 0 Å². The van der Waals surface area contributed by atoms with Crippen molar-refractivity contribution in [3.63, 3.8) is 0 Å². The van der Waals surface area contributed by atoms with Crippen molar-refractivity contribution in [3.05, 3.63) is 40.0 Å². The maximum atomic E-state index is 13.2. The summed E-state index contributed by atoms with van der Waals surface area (Å²) in [5.41, 5.74) is 4.48. The van der Waals surface area contributed by atoms with E-state index in [2.05, 4.69) is 40.0 Å². The molecule has 7 heteroatoms. The lowest BCUT2D eigenvalue weighted by atomic mass is 9.79. The van der Waals surface area contributed by atoms with Crippen LogP contribution in [0.4, 0.5) is 0 Å². The highest BCUT2D eigenvalue weighted by Crippen LogP contribution is 2.45. The molecule has 3 heterocycles. The molecular weight excluding hydrogens is 458 g/mol. The van der Waals surface area contributed by atoms with Crippen LogP contribution in [0.15, 0.2) is 28.9 Å². The van der Waals surface area contributed by atoms with Gasteiger partial charge in [-0.2, -0.15) is 0 Å². The number of carbonyl (C=O) groups is 2. The third-order valence-electron chi connectivity index (χ3n) is 7.10. The number of aromatic nitrogens is 1. The van der Waals surface area contributed by atoms with E-state index in [-0.39, 0.29) is 29.7 Å². The molecular formula is C24H28BrN3O3. The fraction of sp³-hybridized carbons (Fsp3) is 0.500. The maximum Gasteiger partial charge on any atom is 0.239 e. The Morgan fingerprint density at radius 3 is 2.61 bits per heavy atom. The van der Waals surface area contributed by atoms with E-state index >= 15 is 0 Å². The van der Waals surface area contributed by atoms with Gasteiger partial charge in [0.1, 0.15) is 0 Å². The van der Waals surface area contributed by atoms with Crippen molar-refractivity contribution in [1.29, 1.82) is 0 Å². The zero-order valence-electron chi connectivity index (χ0n) is 18.2. The summed E-state index contributed by atoms with van der Waals surface area (Å²) in [6.45, 7) is 7.21. The van der Waals surface area contributed by atoms with Crippen molar-refractivity contribution in [3.8, 4) is 0 Å². The van der Waals surface area contributed by atoms with Gasteiger partial charge in [0.25, 0.3) is 0 Å². The highest BCUT2D eigenvalue weighted by atomic mass is 79.9. The van der Waals surface area contributed by atoms with Crippen molar-refractivity contribution >= 4 is 44.2 Å². The molecule has 0 bridgehead atoms. The Morgan fingerprint density at radius 2 is 1.97 bits per heavy atom. The number of nitrogens with zero attached hydrogens (tertiary/aromatic N) is 3. The second-order valence-corrected chi connectivity index (χ2v) is 9.53. The number of likely N-dealkylation sites (N-methyl/N-ethyl adjacent to an activating group) is 1. The summed E-state index contributed by atoms with van der Waals surface area (Å²) in [6, 6.07) is 6.38. The lowest BCUT2D eigenvalue weighted by molar-refractivity contribution is -0.134. The molecule has 5 rings (SSSR count). The summed E-state index contributed by atoms with van der Waals surface area (Å²) in [4.78, 5) is 30.5. The first kappa shape index (κ1) is 20.9. The predicted octanol–water partition coefficient (Wildman–Crippen LogP) is 3.43. The molecule has 2 unspecified atom stereocenters. The summed E-state index contributed by atoms with van der Waals surface area (Å²) in [5, 5.41) is 1.13. The van der Waals surface area contributed by atoms with Gasteiger partial charge in [-0.05, 0) is 66.0 Å². The fourth-order valence-corrected chi connectivity index (χ4v) is 6.02. The SMILES string of the molecule is CCN(CC)C(=O)C1C=C2c3cccc4c3c(c(Br)n4C(=O)C3COC3)CC2N(C)C1. The number of benzene rings is 1. The van der Waals surface area contributed by atoms with E-state index in [0.29, 0.717) is 19.8 Å². The number of halogens is 1. The minimum atomic E-state index is -0.146. The number of hydrogen-bond acceptors (Lipinski definition) is 4. The van der Waals surface area contributed by atoms with Crippen molar-refractivity contribution < 1.29 is 14.3 Å². The maximum absolute atomic E-state index is 13.2. The molecule has 2 aromatic rings. The third kappa shape index (κ3) is 3.12. The molecule has 164 valence electrons. The Hall–Kier alpha value is -1.96. The third-order valence-corrected chi connectivity index (χ3v) is 7.93. The first-order chi connectivity index (χ1) is 15.0. The highest BCUT2D eigenvalue weighted by molar-refractivity contribution is 9.10. The van der Waals surface area contributed by atoms with Crippen LogP contribution >= 0.6 is 15.9 Å². The van der Waals surface area contributed by atoms with Gasteiger partial charge >= 0.3 is 0 Å². The monoisotopic (exact) mass is 485 g/mol. The average Bonchev–Trinajstić information content (AvgIpc) is 3.01. The molecule has 1 amide bonds. The lowest BCUT2D eigenvalue weighted by Crippen LogP contribution is -2.47. The van der Waals surface area contributed by atoms with Crippen LogP contribution < -0.4 is 0 Å². The van der Waals surface area contributed by atoms with Crippen molar-refractivity contribution in [1.82, 2.24) is 14.4 Å². The molecule has 3 aliphatic rings. The standard InChI is InChI=1S/C24H28BrN3O3/c1-4-27(5-2)23(29)14-9-17-16-7-6-8-19-21(16)18(10-20(17)26(3)11-14)22(25)28(19)24(30)15-12-31-13-15/h6-9,14-15,20H,4-5,10-13H2,1-3H3. The van der Waals surface area contributed by atoms with Crippen molar-refractivity contribution in [2.45, 2.75) is 26.3 Å². The Balaban J connectivity index is 1.64. The van der Waals surface area contributed by atoms with Gasteiger partial charge in [0.15, 0.2) is 0 Å². The van der Waals surface area contributed by atoms with Gasteiger partial charge in [-0.1, -0.05) is 18.2 Å². The second kappa shape index (κ2) is 7.87. The molecule has 2 atom stereocenters. The van der Waals surface area contributed by atoms with Gasteiger partial charge < -0.3 is 9.64 Å². The highest BCUT2D eigenvalue weighted by Gasteiger charge is 2.39. The molecule has 2 aliphatic heterocycles. The molecule has 0 saturated carbocycles. The van der Waals surface area contributed by atoms with E-state index in [0.717, 1.165) is 40.6 Å². The minimum absolute atomic E-state index is 0.0793. The van der Waals surface area contributed by atoms with E-state index in [1.54, 1.807) is 0 Å². The van der Waals surface area contributed by atoms with E-state index in [4.69, 9.17) is 4.74 Å². The zero-order chi connectivity index (χ0) is 21.9. The lowest BCUT2D eigenvalue weighted by Gasteiger charge is -2.40. The summed E-state index contributed by atoms with van der Waals surface area (Å²) in [6.07, 6.45) is 3.01. The largest absolute Gasteiger partial charge is 0.380 e. The minimum Gasteiger partial charge on any atom is -0.380 e. The summed E-state index contributed by atoms with van der Waals surface area (Å²) in [7, 11) is 2.10. The molecule has 1 aromatic heterocycles. The second-order valence-electron chi connectivity index (χ2n) is 8.78. The first-order valence-electron chi connectivity index (χ1n) is 11.1. The number of fused-ring (bicyclic) bond motifs is 2. The molecule has 1 aliphatic carbocycles. The fourth-order valence-electron chi connectivity index (χ4n) is 5.29. The molecule has 6 nitrogen and oxygen atoms in total. The predicted molar refractivity (Wildman–Crippen MR) is 124 cm³/mol. The van der Waals surface area contributed by atoms with Crippen LogP contribution in [0.3, 0.4) is 0 Å². The van der Waals surface area contributed by atoms with Crippen molar-refractivity contribution in [2.24, 2.45) is 11.8 Å². The zero-order valence-corrected chi connectivity index (χ0v) is 19.8. The molecule has 0 radical (unpaired) electrons. The molecule has 1 fully saturated rings. The van der Waals surface area contributed by atoms with Crippen LogP contribution in [-0.2, 0) is 16.0 Å². The van der Waals surface area contributed by atoms with Crippen LogP contribution in [0.1, 0.15) is 29.8 Å². The topological polar surface area (TPSA) is 54.8 Å². The first-order valence-corrected chi connectivity index (χ1v) is 11.9.